The lowest BCUT2D eigenvalue weighted by atomic mass is 9.90. The average molecular weight is 129 g/mol. The van der Waals surface area contributed by atoms with Crippen LogP contribution in [0.1, 0.15) is 6.42 Å². The molecule has 0 aliphatic carbocycles. The molecule has 0 spiro atoms. The van der Waals surface area contributed by atoms with Crippen LogP contribution in [-0.4, -0.2) is 36.5 Å². The number of aliphatic hydroxyl groups is 1. The summed E-state index contributed by atoms with van der Waals surface area (Å²) in [5.74, 6) is 0. The van der Waals surface area contributed by atoms with Crippen molar-refractivity contribution in [3.05, 3.63) is 0 Å². The van der Waals surface area contributed by atoms with Crippen LogP contribution in [0.5, 0.6) is 0 Å². The molecule has 0 aromatic carbocycles. The molecular formula is C6H11NO2. The van der Waals surface area contributed by atoms with Gasteiger partial charge >= 0.3 is 0 Å². The molecule has 1 unspecified atom stereocenters. The van der Waals surface area contributed by atoms with E-state index in [1.165, 1.54) is 6.42 Å². The quantitative estimate of drug-likeness (QED) is 0.482. The van der Waals surface area contributed by atoms with E-state index in [9.17, 15) is 0 Å². The Morgan fingerprint density at radius 3 is 2.78 bits per heavy atom. The number of hydrogen-bond donors (Lipinski definition) is 2. The monoisotopic (exact) mass is 129 g/mol. The van der Waals surface area contributed by atoms with Crippen molar-refractivity contribution in [1.82, 2.24) is 5.32 Å². The molecule has 0 aromatic heterocycles. The van der Waals surface area contributed by atoms with Crippen molar-refractivity contribution in [2.24, 2.45) is 0 Å². The minimum Gasteiger partial charge on any atom is -0.394 e. The first-order valence-electron chi connectivity index (χ1n) is 3.38. The highest BCUT2D eigenvalue weighted by atomic mass is 16.5. The third kappa shape index (κ3) is 0.764. The molecule has 3 nitrogen and oxygen atoms in total. The topological polar surface area (TPSA) is 41.5 Å². The summed E-state index contributed by atoms with van der Waals surface area (Å²) in [6.45, 7) is 0.937. The molecule has 2 N–H and O–H groups in total. The number of nitrogens with one attached hydrogen (secondary N) is 1. The largest absolute Gasteiger partial charge is 0.394 e. The predicted molar refractivity (Wildman–Crippen MR) is 32.2 cm³/mol. The number of fused-ring (bicyclic) bond motifs is 2. The van der Waals surface area contributed by atoms with E-state index in [0.717, 1.165) is 6.61 Å². The Labute approximate surface area is 54.0 Å². The lowest BCUT2D eigenvalue weighted by Crippen LogP contribution is -2.66. The van der Waals surface area contributed by atoms with E-state index in [0.29, 0.717) is 12.1 Å². The zero-order chi connectivity index (χ0) is 6.27. The van der Waals surface area contributed by atoms with Crippen molar-refractivity contribution >= 4 is 0 Å². The van der Waals surface area contributed by atoms with Gasteiger partial charge in [-0.1, -0.05) is 0 Å². The van der Waals surface area contributed by atoms with Gasteiger partial charge in [0, 0.05) is 12.1 Å². The van der Waals surface area contributed by atoms with Gasteiger partial charge in [-0.2, -0.15) is 0 Å². The molecular weight excluding hydrogens is 118 g/mol. The molecule has 3 heterocycles. The fourth-order valence-electron chi connectivity index (χ4n) is 1.50. The molecule has 9 heavy (non-hydrogen) atoms. The maximum Gasteiger partial charge on any atom is 0.0959 e. The van der Waals surface area contributed by atoms with Crippen molar-refractivity contribution in [3.63, 3.8) is 0 Å². The van der Waals surface area contributed by atoms with E-state index in [-0.39, 0.29) is 12.7 Å². The van der Waals surface area contributed by atoms with Crippen LogP contribution in [0.15, 0.2) is 0 Å². The Kier molecular flexibility index (Phi) is 1.22. The lowest BCUT2D eigenvalue weighted by Gasteiger charge is -2.46. The summed E-state index contributed by atoms with van der Waals surface area (Å²) in [6, 6.07) is 1.02. The van der Waals surface area contributed by atoms with Gasteiger partial charge in [0.25, 0.3) is 0 Å². The minimum atomic E-state index is 0.0648. The fourth-order valence-corrected chi connectivity index (χ4v) is 1.50. The molecule has 0 aromatic rings. The highest BCUT2D eigenvalue weighted by Crippen LogP contribution is 2.23. The van der Waals surface area contributed by atoms with E-state index in [2.05, 4.69) is 5.32 Å². The first-order valence-corrected chi connectivity index (χ1v) is 3.38. The van der Waals surface area contributed by atoms with Gasteiger partial charge in [-0.25, -0.2) is 0 Å². The zero-order valence-corrected chi connectivity index (χ0v) is 5.21. The molecule has 3 rings (SSSR count). The van der Waals surface area contributed by atoms with Gasteiger partial charge < -0.3 is 15.2 Å². The van der Waals surface area contributed by atoms with Crippen molar-refractivity contribution in [1.29, 1.82) is 0 Å². The summed E-state index contributed by atoms with van der Waals surface area (Å²) in [5.41, 5.74) is 0. The van der Waals surface area contributed by atoms with E-state index in [1.807, 2.05) is 0 Å². The van der Waals surface area contributed by atoms with Gasteiger partial charge in [-0.15, -0.1) is 0 Å². The summed E-state index contributed by atoms with van der Waals surface area (Å²) in [5, 5.41) is 12.0. The molecule has 52 valence electrons. The minimum absolute atomic E-state index is 0.0648. The normalized spacial score (nSPS) is 48.3. The standard InChI is InChI=1S/C6H11NO2/c8-2-6-5-1-4(7-5)3-9-6/h4-8H,1-3H2/t4-,5-,6?/m0/s1. The number of hydrogen-bond acceptors (Lipinski definition) is 3. The molecule has 3 heteroatoms. The molecule has 0 amide bonds. The van der Waals surface area contributed by atoms with Crippen LogP contribution in [0, 0.1) is 0 Å². The van der Waals surface area contributed by atoms with Crippen molar-refractivity contribution in [3.8, 4) is 0 Å². The number of ether oxygens (including phenoxy) is 1. The second-order valence-electron chi connectivity index (χ2n) is 2.76. The Bertz CT molecular complexity index is 109. The van der Waals surface area contributed by atoms with Crippen LogP contribution >= 0.6 is 0 Å². The Balaban J connectivity index is 1.94. The van der Waals surface area contributed by atoms with E-state index < -0.39 is 0 Å². The molecule has 3 saturated heterocycles. The second kappa shape index (κ2) is 1.94. The Hall–Kier alpha value is -0.120. The van der Waals surface area contributed by atoms with Crippen molar-refractivity contribution < 1.29 is 9.84 Å². The SMILES string of the molecule is OCC1OC[C@@H]2C[C@@H]1N2. The van der Waals surface area contributed by atoms with Gasteiger partial charge in [0.1, 0.15) is 0 Å². The third-order valence-corrected chi connectivity index (χ3v) is 2.13. The molecule has 3 aliphatic rings. The van der Waals surface area contributed by atoms with Gasteiger partial charge in [-0.05, 0) is 6.42 Å². The fraction of sp³-hybridized carbons (Fsp3) is 1.00. The summed E-state index contributed by atoms with van der Waals surface area (Å²) < 4.78 is 5.28. The summed E-state index contributed by atoms with van der Waals surface area (Å²) in [7, 11) is 0. The van der Waals surface area contributed by atoms with Crippen LogP contribution in [0.2, 0.25) is 0 Å². The maximum absolute atomic E-state index is 8.72. The third-order valence-electron chi connectivity index (χ3n) is 2.13. The Morgan fingerprint density at radius 1 is 1.67 bits per heavy atom. The summed E-state index contributed by atoms with van der Waals surface area (Å²) in [4.78, 5) is 0. The van der Waals surface area contributed by atoms with Crippen LogP contribution < -0.4 is 5.32 Å². The van der Waals surface area contributed by atoms with Crippen LogP contribution in [-0.2, 0) is 4.74 Å². The van der Waals surface area contributed by atoms with Crippen LogP contribution in [0.25, 0.3) is 0 Å². The highest BCUT2D eigenvalue weighted by molar-refractivity contribution is 4.97. The van der Waals surface area contributed by atoms with Gasteiger partial charge in [-0.3, -0.25) is 0 Å². The Morgan fingerprint density at radius 2 is 2.44 bits per heavy atom. The van der Waals surface area contributed by atoms with Crippen LogP contribution in [0.3, 0.4) is 0 Å². The van der Waals surface area contributed by atoms with Crippen molar-refractivity contribution in [2.45, 2.75) is 24.6 Å². The molecule has 0 saturated carbocycles. The second-order valence-corrected chi connectivity index (χ2v) is 2.76. The van der Waals surface area contributed by atoms with E-state index in [4.69, 9.17) is 9.84 Å². The van der Waals surface area contributed by atoms with Crippen LogP contribution in [0.4, 0.5) is 0 Å². The summed E-state index contributed by atoms with van der Waals surface area (Å²) >= 11 is 0. The molecule has 3 atom stereocenters. The highest BCUT2D eigenvalue weighted by Gasteiger charge is 2.39. The van der Waals surface area contributed by atoms with Crippen molar-refractivity contribution in [2.75, 3.05) is 13.2 Å². The molecule has 0 radical (unpaired) electrons. The molecule has 3 aliphatic heterocycles. The van der Waals surface area contributed by atoms with Gasteiger partial charge in [0.15, 0.2) is 0 Å². The lowest BCUT2D eigenvalue weighted by molar-refractivity contribution is -0.102. The number of morpholine rings is 1. The van der Waals surface area contributed by atoms with Gasteiger partial charge in [0.05, 0.1) is 19.3 Å². The van der Waals surface area contributed by atoms with E-state index in [1.54, 1.807) is 0 Å². The first-order chi connectivity index (χ1) is 4.40. The number of rotatable bonds is 1. The maximum atomic E-state index is 8.72. The molecule has 2 bridgehead atoms. The summed E-state index contributed by atoms with van der Waals surface area (Å²) in [6.07, 6.45) is 1.25. The molecule has 3 fully saturated rings. The smallest absolute Gasteiger partial charge is 0.0959 e. The van der Waals surface area contributed by atoms with E-state index >= 15 is 0 Å². The number of aliphatic hydroxyl groups excluding tert-OH is 1. The zero-order valence-electron chi connectivity index (χ0n) is 5.21. The average Bonchev–Trinajstić information content (AvgIpc) is 1.86. The van der Waals surface area contributed by atoms with Gasteiger partial charge in [0.2, 0.25) is 0 Å². The first kappa shape index (κ1) is 5.65. The predicted octanol–water partition coefficient (Wildman–Crippen LogP) is -0.892.